The molecule has 0 saturated heterocycles. The predicted octanol–water partition coefficient (Wildman–Crippen LogP) is 2.03. The molecule has 0 radical (unpaired) electrons. The summed E-state index contributed by atoms with van der Waals surface area (Å²) < 4.78 is 25.6. The quantitative estimate of drug-likeness (QED) is 0.468. The molecule has 0 aliphatic carbocycles. The van der Waals surface area contributed by atoms with E-state index in [4.69, 9.17) is 11.6 Å². The van der Waals surface area contributed by atoms with Crippen LogP contribution in [0.4, 0.5) is 8.78 Å². The summed E-state index contributed by atoms with van der Waals surface area (Å²) in [5, 5.41) is -0.120. The smallest absolute Gasteiger partial charge is 0.222 e. The predicted molar refractivity (Wildman–Crippen MR) is 54.6 cm³/mol. The number of hydrogen-bond donors (Lipinski definition) is 0. The number of ketones is 1. The van der Waals surface area contributed by atoms with Crippen LogP contribution in [0, 0.1) is 11.9 Å². The van der Waals surface area contributed by atoms with Crippen LogP contribution in [0.1, 0.15) is 16.1 Å². The molecular weight excluding hydrogens is 252 g/mol. The van der Waals surface area contributed by atoms with Gasteiger partial charge in [0.1, 0.15) is 5.69 Å². The summed E-state index contributed by atoms with van der Waals surface area (Å²) in [6.07, 6.45) is 1.27. The lowest BCUT2D eigenvalue weighted by Gasteiger charge is -2.00. The van der Waals surface area contributed by atoms with Crippen molar-refractivity contribution in [2.24, 2.45) is 0 Å². The monoisotopic (exact) mass is 255 g/mol. The van der Waals surface area contributed by atoms with Crippen molar-refractivity contribution in [3.05, 3.63) is 52.8 Å². The number of pyridine rings is 1. The Morgan fingerprint density at radius 3 is 2.41 bits per heavy atom. The summed E-state index contributed by atoms with van der Waals surface area (Å²) in [5.41, 5.74) is -0.236. The highest BCUT2D eigenvalue weighted by molar-refractivity contribution is 6.28. The van der Waals surface area contributed by atoms with Gasteiger partial charge in [-0.1, -0.05) is 0 Å². The topological polar surface area (TPSA) is 55.7 Å². The van der Waals surface area contributed by atoms with Crippen molar-refractivity contribution >= 4 is 17.4 Å². The van der Waals surface area contributed by atoms with Gasteiger partial charge >= 0.3 is 0 Å². The summed E-state index contributed by atoms with van der Waals surface area (Å²) in [5.74, 6) is -2.81. The van der Waals surface area contributed by atoms with Gasteiger partial charge in [0.05, 0.1) is 0 Å². The Balaban J connectivity index is 2.43. The zero-order chi connectivity index (χ0) is 12.4. The standard InChI is InChI=1S/C10H4ClF2N3O/c11-10-14-2-1-6(15-10)9(17)5-3-7(12)16-8(13)4-5/h1-4H. The molecule has 2 heterocycles. The van der Waals surface area contributed by atoms with Gasteiger partial charge in [0, 0.05) is 23.9 Å². The van der Waals surface area contributed by atoms with E-state index in [0.717, 1.165) is 12.1 Å². The fourth-order valence-electron chi connectivity index (χ4n) is 1.21. The van der Waals surface area contributed by atoms with Crippen LogP contribution in [-0.2, 0) is 0 Å². The Labute approximate surface area is 99.3 Å². The van der Waals surface area contributed by atoms with E-state index in [2.05, 4.69) is 15.0 Å². The summed E-state index contributed by atoms with van der Waals surface area (Å²) in [4.78, 5) is 21.9. The van der Waals surface area contributed by atoms with E-state index in [1.54, 1.807) is 0 Å². The molecule has 0 fully saturated rings. The molecule has 86 valence electrons. The van der Waals surface area contributed by atoms with Crippen molar-refractivity contribution in [3.63, 3.8) is 0 Å². The lowest BCUT2D eigenvalue weighted by molar-refractivity contribution is 0.103. The molecule has 0 amide bonds. The van der Waals surface area contributed by atoms with E-state index in [1.165, 1.54) is 12.3 Å². The molecule has 0 bridgehead atoms. The second-order valence-corrected chi connectivity index (χ2v) is 3.38. The van der Waals surface area contributed by atoms with Crippen molar-refractivity contribution in [3.8, 4) is 0 Å². The average Bonchev–Trinajstić information content (AvgIpc) is 2.26. The number of aromatic nitrogens is 3. The number of halogens is 3. The van der Waals surface area contributed by atoms with Crippen LogP contribution < -0.4 is 0 Å². The van der Waals surface area contributed by atoms with Crippen LogP contribution in [0.25, 0.3) is 0 Å². The van der Waals surface area contributed by atoms with Gasteiger partial charge < -0.3 is 0 Å². The first kappa shape index (κ1) is 11.5. The average molecular weight is 256 g/mol. The van der Waals surface area contributed by atoms with Crippen LogP contribution in [0.15, 0.2) is 24.4 Å². The Morgan fingerprint density at radius 2 is 1.82 bits per heavy atom. The normalized spacial score (nSPS) is 10.3. The van der Waals surface area contributed by atoms with Crippen LogP contribution in [0.5, 0.6) is 0 Å². The molecule has 17 heavy (non-hydrogen) atoms. The molecule has 2 rings (SSSR count). The second kappa shape index (κ2) is 4.50. The van der Waals surface area contributed by atoms with E-state index >= 15 is 0 Å². The van der Waals surface area contributed by atoms with Crippen molar-refractivity contribution < 1.29 is 13.6 Å². The molecule has 2 aromatic heterocycles. The Morgan fingerprint density at radius 1 is 1.18 bits per heavy atom. The van der Waals surface area contributed by atoms with Crippen molar-refractivity contribution in [2.45, 2.75) is 0 Å². The van der Waals surface area contributed by atoms with E-state index in [-0.39, 0.29) is 16.5 Å². The van der Waals surface area contributed by atoms with E-state index < -0.39 is 17.7 Å². The van der Waals surface area contributed by atoms with E-state index in [9.17, 15) is 13.6 Å². The van der Waals surface area contributed by atoms with Gasteiger partial charge in [-0.25, -0.2) is 9.97 Å². The van der Waals surface area contributed by atoms with Crippen LogP contribution in [0.2, 0.25) is 5.28 Å². The number of hydrogen-bond acceptors (Lipinski definition) is 4. The molecular formula is C10H4ClF2N3O. The first-order valence-electron chi connectivity index (χ1n) is 4.42. The van der Waals surface area contributed by atoms with Crippen molar-refractivity contribution in [1.29, 1.82) is 0 Å². The summed E-state index contributed by atoms with van der Waals surface area (Å²) in [6.45, 7) is 0. The minimum Gasteiger partial charge on any atom is -0.287 e. The van der Waals surface area contributed by atoms with Crippen LogP contribution in [0.3, 0.4) is 0 Å². The molecule has 0 unspecified atom stereocenters. The maximum absolute atomic E-state index is 12.8. The third kappa shape index (κ3) is 2.59. The SMILES string of the molecule is O=C(c1cc(F)nc(F)c1)c1ccnc(Cl)n1. The summed E-state index contributed by atoms with van der Waals surface area (Å²) >= 11 is 5.50. The number of nitrogens with zero attached hydrogens (tertiary/aromatic N) is 3. The molecule has 0 aliphatic rings. The summed E-state index contributed by atoms with van der Waals surface area (Å²) in [6, 6.07) is 2.94. The van der Waals surface area contributed by atoms with Gasteiger partial charge in [-0.15, -0.1) is 0 Å². The highest BCUT2D eigenvalue weighted by Crippen LogP contribution is 2.11. The van der Waals surface area contributed by atoms with Crippen LogP contribution >= 0.6 is 11.6 Å². The molecule has 4 nitrogen and oxygen atoms in total. The largest absolute Gasteiger partial charge is 0.287 e. The zero-order valence-electron chi connectivity index (χ0n) is 8.19. The highest BCUT2D eigenvalue weighted by atomic mass is 35.5. The Bertz CT molecular complexity index is 571. The first-order valence-corrected chi connectivity index (χ1v) is 4.80. The van der Waals surface area contributed by atoms with Gasteiger partial charge in [0.25, 0.3) is 0 Å². The maximum Gasteiger partial charge on any atom is 0.222 e. The molecule has 0 spiro atoms. The summed E-state index contributed by atoms with van der Waals surface area (Å²) in [7, 11) is 0. The van der Waals surface area contributed by atoms with Crippen molar-refractivity contribution in [2.75, 3.05) is 0 Å². The third-order valence-electron chi connectivity index (χ3n) is 1.88. The molecule has 0 saturated carbocycles. The molecule has 0 atom stereocenters. The lowest BCUT2D eigenvalue weighted by Crippen LogP contribution is -2.06. The molecule has 2 aromatic rings. The fourth-order valence-corrected chi connectivity index (χ4v) is 1.35. The Hall–Kier alpha value is -1.95. The highest BCUT2D eigenvalue weighted by Gasteiger charge is 2.14. The van der Waals surface area contributed by atoms with Gasteiger partial charge in [0.15, 0.2) is 0 Å². The van der Waals surface area contributed by atoms with E-state index in [0.29, 0.717) is 0 Å². The minimum absolute atomic E-state index is 0.0463. The number of carbonyl (C=O) groups is 1. The van der Waals surface area contributed by atoms with Crippen LogP contribution in [-0.4, -0.2) is 20.7 Å². The fraction of sp³-hybridized carbons (Fsp3) is 0. The van der Waals surface area contributed by atoms with Gasteiger partial charge in [-0.2, -0.15) is 13.8 Å². The van der Waals surface area contributed by atoms with E-state index in [1.807, 2.05) is 0 Å². The zero-order valence-corrected chi connectivity index (χ0v) is 8.95. The molecule has 7 heteroatoms. The number of carbonyl (C=O) groups excluding carboxylic acids is 1. The van der Waals surface area contributed by atoms with Gasteiger partial charge in [-0.05, 0) is 17.7 Å². The van der Waals surface area contributed by atoms with Gasteiger partial charge in [0.2, 0.25) is 23.0 Å². The van der Waals surface area contributed by atoms with Crippen molar-refractivity contribution in [1.82, 2.24) is 15.0 Å². The maximum atomic E-state index is 12.8. The Kier molecular flexibility index (Phi) is 3.06. The lowest BCUT2D eigenvalue weighted by atomic mass is 10.1. The first-order chi connectivity index (χ1) is 8.06. The minimum atomic E-state index is -1.08. The third-order valence-corrected chi connectivity index (χ3v) is 2.07. The number of rotatable bonds is 2. The molecule has 0 aromatic carbocycles. The second-order valence-electron chi connectivity index (χ2n) is 3.04. The molecule has 0 N–H and O–H groups in total. The van der Waals surface area contributed by atoms with Gasteiger partial charge in [-0.3, -0.25) is 4.79 Å². The molecule has 0 aliphatic heterocycles.